The summed E-state index contributed by atoms with van der Waals surface area (Å²) in [6.45, 7) is 3.95. The normalized spacial score (nSPS) is 10.7. The Bertz CT molecular complexity index is 555. The molecule has 1 aromatic carbocycles. The second kappa shape index (κ2) is 5.27. The number of nitrogens with two attached hydrogens (primary N) is 1. The number of rotatable bonds is 3. The number of halogens is 1. The number of ether oxygens (including phenoxy) is 1. The van der Waals surface area contributed by atoms with Gasteiger partial charge in [0.2, 0.25) is 0 Å². The van der Waals surface area contributed by atoms with Crippen LogP contribution < -0.4 is 10.5 Å². The topological polar surface area (TPSA) is 48.1 Å². The molecule has 94 valence electrons. The van der Waals surface area contributed by atoms with Crippen LogP contribution in [-0.4, -0.2) is 11.1 Å². The highest BCUT2D eigenvalue weighted by molar-refractivity contribution is 6.31. The first-order chi connectivity index (χ1) is 8.56. The maximum Gasteiger partial charge on any atom is 0.138 e. The van der Waals surface area contributed by atoms with Gasteiger partial charge in [-0.25, -0.2) is 0 Å². The largest absolute Gasteiger partial charge is 0.489 e. The predicted octanol–water partition coefficient (Wildman–Crippen LogP) is 3.77. The van der Waals surface area contributed by atoms with E-state index in [1.807, 2.05) is 32.0 Å². The third-order valence-corrected chi connectivity index (χ3v) is 2.64. The first-order valence-electron chi connectivity index (χ1n) is 5.73. The third kappa shape index (κ3) is 2.93. The van der Waals surface area contributed by atoms with Crippen LogP contribution in [0.3, 0.4) is 0 Å². The van der Waals surface area contributed by atoms with Gasteiger partial charge in [-0.3, -0.25) is 4.98 Å². The smallest absolute Gasteiger partial charge is 0.138 e. The second-order valence-electron chi connectivity index (χ2n) is 4.31. The molecule has 2 N–H and O–H groups in total. The lowest BCUT2D eigenvalue weighted by Gasteiger charge is -2.11. The summed E-state index contributed by atoms with van der Waals surface area (Å²) in [5.74, 6) is 0.733. The Balaban J connectivity index is 2.38. The first-order valence-corrected chi connectivity index (χ1v) is 6.11. The Kier molecular flexibility index (Phi) is 3.72. The zero-order valence-corrected chi connectivity index (χ0v) is 11.1. The minimum absolute atomic E-state index is 0.115. The number of anilines is 1. The van der Waals surface area contributed by atoms with E-state index >= 15 is 0 Å². The molecule has 4 heteroatoms. The molecule has 1 heterocycles. The zero-order chi connectivity index (χ0) is 13.1. The van der Waals surface area contributed by atoms with Crippen molar-refractivity contribution in [2.75, 3.05) is 5.73 Å². The summed E-state index contributed by atoms with van der Waals surface area (Å²) < 4.78 is 5.61. The van der Waals surface area contributed by atoms with Gasteiger partial charge in [-0.05, 0) is 32.0 Å². The summed E-state index contributed by atoms with van der Waals surface area (Å²) in [7, 11) is 0. The van der Waals surface area contributed by atoms with E-state index in [1.165, 1.54) is 0 Å². The fraction of sp³-hybridized carbons (Fsp3) is 0.214. The van der Waals surface area contributed by atoms with Crippen LogP contribution in [0.15, 0.2) is 36.7 Å². The van der Waals surface area contributed by atoms with Crippen LogP contribution in [-0.2, 0) is 0 Å². The van der Waals surface area contributed by atoms with Crippen molar-refractivity contribution in [3.63, 3.8) is 0 Å². The van der Waals surface area contributed by atoms with Gasteiger partial charge in [0.25, 0.3) is 0 Å². The lowest BCUT2D eigenvalue weighted by atomic mass is 10.1. The Morgan fingerprint density at radius 2 is 2.00 bits per heavy atom. The average molecular weight is 263 g/mol. The number of nitrogen functional groups attached to an aromatic ring is 1. The number of pyridine rings is 1. The van der Waals surface area contributed by atoms with Crippen LogP contribution in [0.1, 0.15) is 13.8 Å². The van der Waals surface area contributed by atoms with E-state index in [9.17, 15) is 0 Å². The van der Waals surface area contributed by atoms with Crippen molar-refractivity contribution in [2.45, 2.75) is 20.0 Å². The lowest BCUT2D eigenvalue weighted by molar-refractivity contribution is 0.241. The molecule has 0 bridgehead atoms. The van der Waals surface area contributed by atoms with Gasteiger partial charge < -0.3 is 10.5 Å². The zero-order valence-electron chi connectivity index (χ0n) is 10.4. The second-order valence-corrected chi connectivity index (χ2v) is 4.74. The minimum atomic E-state index is 0.115. The average Bonchev–Trinajstić information content (AvgIpc) is 2.28. The lowest BCUT2D eigenvalue weighted by Crippen LogP contribution is -2.05. The highest BCUT2D eigenvalue weighted by atomic mass is 35.5. The van der Waals surface area contributed by atoms with Gasteiger partial charge >= 0.3 is 0 Å². The molecule has 2 aromatic rings. The van der Waals surface area contributed by atoms with Crippen LogP contribution in [0.5, 0.6) is 5.75 Å². The molecular weight excluding hydrogens is 248 g/mol. The summed E-state index contributed by atoms with van der Waals surface area (Å²) >= 11 is 5.88. The molecule has 0 saturated heterocycles. The quantitative estimate of drug-likeness (QED) is 0.857. The van der Waals surface area contributed by atoms with Crippen LogP contribution in [0, 0.1) is 0 Å². The molecule has 0 unspecified atom stereocenters. The van der Waals surface area contributed by atoms with E-state index in [4.69, 9.17) is 22.1 Å². The van der Waals surface area contributed by atoms with E-state index < -0.39 is 0 Å². The van der Waals surface area contributed by atoms with E-state index in [0.29, 0.717) is 10.7 Å². The molecule has 0 saturated carbocycles. The summed E-state index contributed by atoms with van der Waals surface area (Å²) in [6.07, 6.45) is 3.56. The van der Waals surface area contributed by atoms with Crippen molar-refractivity contribution in [1.82, 2.24) is 4.98 Å². The van der Waals surface area contributed by atoms with Gasteiger partial charge in [0.05, 0.1) is 12.3 Å². The molecule has 0 amide bonds. The molecule has 0 radical (unpaired) electrons. The highest BCUT2D eigenvalue weighted by Crippen LogP contribution is 2.29. The molecule has 0 aliphatic rings. The van der Waals surface area contributed by atoms with Gasteiger partial charge in [0, 0.05) is 28.0 Å². The van der Waals surface area contributed by atoms with Crippen molar-refractivity contribution in [1.29, 1.82) is 0 Å². The Hall–Kier alpha value is -1.74. The van der Waals surface area contributed by atoms with E-state index in [-0.39, 0.29) is 6.10 Å². The molecule has 3 nitrogen and oxygen atoms in total. The van der Waals surface area contributed by atoms with Crippen molar-refractivity contribution in [2.24, 2.45) is 0 Å². The van der Waals surface area contributed by atoms with Crippen molar-refractivity contribution in [3.05, 3.63) is 41.7 Å². The summed E-state index contributed by atoms with van der Waals surface area (Å²) in [4.78, 5) is 4.16. The van der Waals surface area contributed by atoms with Gasteiger partial charge in [-0.15, -0.1) is 0 Å². The van der Waals surface area contributed by atoms with Crippen LogP contribution in [0.2, 0.25) is 5.02 Å². The fourth-order valence-electron chi connectivity index (χ4n) is 1.70. The molecule has 1 aromatic heterocycles. The molecule has 0 spiro atoms. The molecular formula is C14H15ClN2O. The van der Waals surface area contributed by atoms with E-state index in [0.717, 1.165) is 16.9 Å². The van der Waals surface area contributed by atoms with Gasteiger partial charge in [-0.1, -0.05) is 17.7 Å². The number of benzene rings is 1. The highest BCUT2D eigenvalue weighted by Gasteiger charge is 2.06. The van der Waals surface area contributed by atoms with E-state index in [2.05, 4.69) is 4.98 Å². The molecule has 2 rings (SSSR count). The van der Waals surface area contributed by atoms with Crippen LogP contribution in [0.4, 0.5) is 5.69 Å². The summed E-state index contributed by atoms with van der Waals surface area (Å²) in [5, 5.41) is 0.624. The standard InChI is InChI=1S/C14H15ClN2O/c1-9(2)18-12-5-10(7-17-8-12)13-4-3-11(15)6-14(13)16/h3-9H,16H2,1-2H3. The SMILES string of the molecule is CC(C)Oc1cncc(-c2ccc(Cl)cc2N)c1. The number of nitrogens with zero attached hydrogens (tertiary/aromatic N) is 1. The van der Waals surface area contributed by atoms with Crippen LogP contribution >= 0.6 is 11.6 Å². The molecule has 0 aliphatic carbocycles. The maximum atomic E-state index is 5.95. The first kappa shape index (κ1) is 12.7. The summed E-state index contributed by atoms with van der Waals surface area (Å²) in [6, 6.07) is 7.34. The molecule has 0 atom stereocenters. The van der Waals surface area contributed by atoms with Crippen LogP contribution in [0.25, 0.3) is 11.1 Å². The Morgan fingerprint density at radius 1 is 1.22 bits per heavy atom. The molecule has 0 fully saturated rings. The number of aromatic nitrogens is 1. The van der Waals surface area contributed by atoms with Crippen molar-refractivity contribution < 1.29 is 4.74 Å². The van der Waals surface area contributed by atoms with Gasteiger partial charge in [0.15, 0.2) is 0 Å². The monoisotopic (exact) mass is 262 g/mol. The summed E-state index contributed by atoms with van der Waals surface area (Å²) in [5.41, 5.74) is 8.40. The number of hydrogen-bond acceptors (Lipinski definition) is 3. The maximum absolute atomic E-state index is 5.95. The van der Waals surface area contributed by atoms with Gasteiger partial charge in [-0.2, -0.15) is 0 Å². The van der Waals surface area contributed by atoms with Gasteiger partial charge in [0.1, 0.15) is 5.75 Å². The molecule has 0 aliphatic heterocycles. The van der Waals surface area contributed by atoms with Crippen molar-refractivity contribution >= 4 is 17.3 Å². The predicted molar refractivity (Wildman–Crippen MR) is 74.9 cm³/mol. The number of hydrogen-bond donors (Lipinski definition) is 1. The Labute approximate surface area is 112 Å². The Morgan fingerprint density at radius 3 is 2.67 bits per heavy atom. The van der Waals surface area contributed by atoms with Crippen molar-refractivity contribution in [3.8, 4) is 16.9 Å². The van der Waals surface area contributed by atoms with E-state index in [1.54, 1.807) is 18.5 Å². The molecule has 18 heavy (non-hydrogen) atoms. The minimum Gasteiger partial charge on any atom is -0.489 e. The third-order valence-electron chi connectivity index (χ3n) is 2.41. The fourth-order valence-corrected chi connectivity index (χ4v) is 1.88.